The van der Waals surface area contributed by atoms with Gasteiger partial charge in [0.15, 0.2) is 0 Å². The smallest absolute Gasteiger partial charge is 0.274 e. The molecule has 0 atom stereocenters. The number of nitrogens with zero attached hydrogens (tertiary/aromatic N) is 3. The van der Waals surface area contributed by atoms with Crippen molar-refractivity contribution in [2.24, 2.45) is 0 Å². The van der Waals surface area contributed by atoms with Crippen LogP contribution in [0.2, 0.25) is 5.02 Å². The number of halogens is 1. The Hall–Kier alpha value is -2.34. The zero-order chi connectivity index (χ0) is 16.4. The molecule has 6 nitrogen and oxygen atoms in total. The van der Waals surface area contributed by atoms with Gasteiger partial charge in [-0.05, 0) is 30.7 Å². The fourth-order valence-electron chi connectivity index (χ4n) is 2.47. The number of carbonyl (C=O) groups is 1. The Kier molecular flexibility index (Phi) is 4.34. The van der Waals surface area contributed by atoms with Crippen LogP contribution in [0, 0.1) is 0 Å². The number of rotatable bonds is 5. The van der Waals surface area contributed by atoms with Gasteiger partial charge in [0.1, 0.15) is 11.5 Å². The minimum atomic E-state index is -0.137. The van der Waals surface area contributed by atoms with Crippen molar-refractivity contribution in [1.82, 2.24) is 25.1 Å². The summed E-state index contributed by atoms with van der Waals surface area (Å²) in [6.45, 7) is 2.46. The van der Waals surface area contributed by atoms with Crippen LogP contribution in [0.25, 0.3) is 11.0 Å². The predicted octanol–water partition coefficient (Wildman–Crippen LogP) is 3.16. The first-order valence-electron chi connectivity index (χ1n) is 7.50. The number of aryl methyl sites for hydroxylation is 1. The quantitative estimate of drug-likeness (QED) is 0.753. The Labute approximate surface area is 138 Å². The van der Waals surface area contributed by atoms with E-state index < -0.39 is 0 Å². The summed E-state index contributed by atoms with van der Waals surface area (Å²) in [6, 6.07) is 7.27. The highest BCUT2D eigenvalue weighted by Crippen LogP contribution is 2.18. The Bertz CT molecular complexity index is 838. The van der Waals surface area contributed by atoms with Crippen LogP contribution in [-0.4, -0.2) is 38.0 Å². The molecule has 0 saturated heterocycles. The zero-order valence-corrected chi connectivity index (χ0v) is 13.8. The molecule has 1 amide bonds. The second kappa shape index (κ2) is 6.42. The maximum absolute atomic E-state index is 12.4. The standard InChI is InChI=1S/C16H18ClN5O/c1-3-4-11-8-14(21-20-11)16(23)22(2)9-15-18-12-6-5-10(17)7-13(12)19-15/h5-8H,3-4,9H2,1-2H3,(H,18,19)(H,20,21). The van der Waals surface area contributed by atoms with Gasteiger partial charge in [-0.15, -0.1) is 0 Å². The number of amides is 1. The van der Waals surface area contributed by atoms with Crippen molar-refractivity contribution in [3.8, 4) is 0 Å². The van der Waals surface area contributed by atoms with E-state index in [9.17, 15) is 4.79 Å². The van der Waals surface area contributed by atoms with Gasteiger partial charge in [0.25, 0.3) is 5.91 Å². The van der Waals surface area contributed by atoms with Crippen LogP contribution < -0.4 is 0 Å². The van der Waals surface area contributed by atoms with Crippen molar-refractivity contribution in [2.75, 3.05) is 7.05 Å². The molecule has 0 saturated carbocycles. The predicted molar refractivity (Wildman–Crippen MR) is 89.5 cm³/mol. The lowest BCUT2D eigenvalue weighted by molar-refractivity contribution is 0.0776. The van der Waals surface area contributed by atoms with E-state index in [1.807, 2.05) is 12.1 Å². The lowest BCUT2D eigenvalue weighted by Gasteiger charge is -2.13. The largest absolute Gasteiger partial charge is 0.340 e. The summed E-state index contributed by atoms with van der Waals surface area (Å²) in [6.07, 6.45) is 1.89. The molecule has 0 aliphatic heterocycles. The van der Waals surface area contributed by atoms with E-state index in [0.29, 0.717) is 23.1 Å². The van der Waals surface area contributed by atoms with Crippen LogP contribution in [0.1, 0.15) is 35.4 Å². The molecular weight excluding hydrogens is 314 g/mol. The summed E-state index contributed by atoms with van der Waals surface area (Å²) in [5.41, 5.74) is 3.09. The number of carbonyl (C=O) groups excluding carboxylic acids is 1. The SMILES string of the molecule is CCCc1cc(C(=O)N(C)Cc2nc3ccc(Cl)cc3[nH]2)n[nH]1. The van der Waals surface area contributed by atoms with Crippen LogP contribution in [0.15, 0.2) is 24.3 Å². The van der Waals surface area contributed by atoms with Gasteiger partial charge in [0.05, 0.1) is 17.6 Å². The van der Waals surface area contributed by atoms with Crippen LogP contribution in [0.4, 0.5) is 0 Å². The first-order valence-corrected chi connectivity index (χ1v) is 7.88. The van der Waals surface area contributed by atoms with Crippen LogP contribution in [0.5, 0.6) is 0 Å². The summed E-state index contributed by atoms with van der Waals surface area (Å²) in [7, 11) is 1.73. The average molecular weight is 332 g/mol. The van der Waals surface area contributed by atoms with Gasteiger partial charge in [-0.1, -0.05) is 24.9 Å². The third-order valence-electron chi connectivity index (χ3n) is 3.60. The molecule has 0 bridgehead atoms. The average Bonchev–Trinajstić information content (AvgIpc) is 3.12. The van der Waals surface area contributed by atoms with Gasteiger partial charge in [0.2, 0.25) is 0 Å². The van der Waals surface area contributed by atoms with E-state index in [1.54, 1.807) is 24.1 Å². The summed E-state index contributed by atoms with van der Waals surface area (Å²) >= 11 is 5.97. The van der Waals surface area contributed by atoms with Crippen LogP contribution in [-0.2, 0) is 13.0 Å². The first kappa shape index (κ1) is 15.6. The van der Waals surface area contributed by atoms with Gasteiger partial charge < -0.3 is 9.88 Å². The molecule has 0 fully saturated rings. The Morgan fingerprint density at radius 3 is 2.96 bits per heavy atom. The Balaban J connectivity index is 1.73. The molecular formula is C16H18ClN5O. The minimum Gasteiger partial charge on any atom is -0.340 e. The van der Waals surface area contributed by atoms with Crippen LogP contribution >= 0.6 is 11.6 Å². The summed E-state index contributed by atoms with van der Waals surface area (Å²) < 4.78 is 0. The molecule has 120 valence electrons. The molecule has 0 aliphatic rings. The molecule has 0 radical (unpaired) electrons. The van der Waals surface area contributed by atoms with Crippen molar-refractivity contribution >= 4 is 28.5 Å². The molecule has 2 aromatic heterocycles. The monoisotopic (exact) mass is 331 g/mol. The number of benzene rings is 1. The Morgan fingerprint density at radius 1 is 1.35 bits per heavy atom. The lowest BCUT2D eigenvalue weighted by atomic mass is 10.2. The second-order valence-electron chi connectivity index (χ2n) is 5.53. The molecule has 3 aromatic rings. The van der Waals surface area contributed by atoms with E-state index in [1.165, 1.54) is 0 Å². The fourth-order valence-corrected chi connectivity index (χ4v) is 2.64. The summed E-state index contributed by atoms with van der Waals surface area (Å²) in [5, 5.41) is 7.64. The van der Waals surface area contributed by atoms with Gasteiger partial charge >= 0.3 is 0 Å². The number of hydrogen-bond donors (Lipinski definition) is 2. The van der Waals surface area contributed by atoms with E-state index in [4.69, 9.17) is 11.6 Å². The summed E-state index contributed by atoms with van der Waals surface area (Å²) in [5.74, 6) is 0.574. The van der Waals surface area contributed by atoms with Crippen molar-refractivity contribution in [2.45, 2.75) is 26.3 Å². The lowest BCUT2D eigenvalue weighted by Crippen LogP contribution is -2.27. The number of fused-ring (bicyclic) bond motifs is 1. The number of aromatic nitrogens is 4. The maximum Gasteiger partial charge on any atom is 0.274 e. The number of H-pyrrole nitrogens is 2. The molecule has 2 heterocycles. The third-order valence-corrected chi connectivity index (χ3v) is 3.83. The van der Waals surface area contributed by atoms with E-state index in [-0.39, 0.29) is 5.91 Å². The van der Waals surface area contributed by atoms with E-state index in [0.717, 1.165) is 29.6 Å². The van der Waals surface area contributed by atoms with Crippen LogP contribution in [0.3, 0.4) is 0 Å². The fraction of sp³-hybridized carbons (Fsp3) is 0.312. The van der Waals surface area contributed by atoms with E-state index in [2.05, 4.69) is 27.1 Å². The van der Waals surface area contributed by atoms with Crippen molar-refractivity contribution < 1.29 is 4.79 Å². The van der Waals surface area contributed by atoms with Gasteiger partial charge in [-0.25, -0.2) is 4.98 Å². The van der Waals surface area contributed by atoms with Crippen molar-refractivity contribution in [1.29, 1.82) is 0 Å². The molecule has 0 unspecified atom stereocenters. The first-order chi connectivity index (χ1) is 11.1. The van der Waals surface area contributed by atoms with Crippen molar-refractivity contribution in [3.05, 3.63) is 46.5 Å². The number of nitrogens with one attached hydrogen (secondary N) is 2. The molecule has 2 N–H and O–H groups in total. The Morgan fingerprint density at radius 2 is 2.17 bits per heavy atom. The number of aromatic amines is 2. The van der Waals surface area contributed by atoms with Gasteiger partial charge in [0, 0.05) is 17.8 Å². The highest BCUT2D eigenvalue weighted by atomic mass is 35.5. The molecule has 7 heteroatoms. The zero-order valence-electron chi connectivity index (χ0n) is 13.1. The molecule has 1 aromatic carbocycles. The molecule has 0 aliphatic carbocycles. The third kappa shape index (κ3) is 3.37. The number of hydrogen-bond acceptors (Lipinski definition) is 3. The number of imidazole rings is 1. The summed E-state index contributed by atoms with van der Waals surface area (Å²) in [4.78, 5) is 21.7. The molecule has 23 heavy (non-hydrogen) atoms. The highest BCUT2D eigenvalue weighted by molar-refractivity contribution is 6.31. The van der Waals surface area contributed by atoms with Gasteiger partial charge in [-0.2, -0.15) is 5.10 Å². The normalized spacial score (nSPS) is 11.1. The molecule has 0 spiro atoms. The maximum atomic E-state index is 12.4. The van der Waals surface area contributed by atoms with Gasteiger partial charge in [-0.3, -0.25) is 9.89 Å². The van der Waals surface area contributed by atoms with E-state index >= 15 is 0 Å². The minimum absolute atomic E-state index is 0.137. The topological polar surface area (TPSA) is 77.7 Å². The van der Waals surface area contributed by atoms with Crippen molar-refractivity contribution in [3.63, 3.8) is 0 Å². The second-order valence-corrected chi connectivity index (χ2v) is 5.97. The molecule has 3 rings (SSSR count). The highest BCUT2D eigenvalue weighted by Gasteiger charge is 2.17.